The molecule has 2 aromatic heterocycles. The van der Waals surface area contributed by atoms with Crippen LogP contribution in [0.1, 0.15) is 69.6 Å². The first-order valence-electron chi connectivity index (χ1n) is 15.8. The smallest absolute Gasteiger partial charge is 0.407 e. The van der Waals surface area contributed by atoms with E-state index in [-0.39, 0.29) is 35.1 Å². The second-order valence-corrected chi connectivity index (χ2v) is 13.9. The number of nitrogens with two attached hydrogens (primary N) is 1. The normalized spacial score (nSPS) is 21.0. The van der Waals surface area contributed by atoms with E-state index in [1.54, 1.807) is 24.3 Å². The van der Waals surface area contributed by atoms with Crippen LogP contribution in [0, 0.1) is 5.41 Å². The number of aromatic nitrogens is 5. The molecule has 1 fully saturated rings. The predicted octanol–water partition coefficient (Wildman–Crippen LogP) is 6.48. The summed E-state index contributed by atoms with van der Waals surface area (Å²) in [6.07, 6.45) is -1.40. The molecule has 3 N–H and O–H groups in total. The molecule has 1 saturated carbocycles. The summed E-state index contributed by atoms with van der Waals surface area (Å²) in [5, 5.41) is 10.0. The van der Waals surface area contributed by atoms with E-state index in [1.807, 2.05) is 20.8 Å². The summed E-state index contributed by atoms with van der Waals surface area (Å²) < 4.78 is 74.3. The molecule has 270 valence electrons. The molecule has 0 radical (unpaired) electrons. The van der Waals surface area contributed by atoms with Crippen molar-refractivity contribution in [2.24, 2.45) is 16.1 Å². The van der Waals surface area contributed by atoms with Crippen molar-refractivity contribution >= 4 is 29.6 Å². The second kappa shape index (κ2) is 13.6. The van der Waals surface area contributed by atoms with Gasteiger partial charge in [-0.15, -0.1) is 0 Å². The van der Waals surface area contributed by atoms with Gasteiger partial charge in [0, 0.05) is 18.2 Å². The first kappa shape index (κ1) is 35.8. The van der Waals surface area contributed by atoms with Crippen molar-refractivity contribution < 1.29 is 36.3 Å². The van der Waals surface area contributed by atoms with Crippen LogP contribution < -0.4 is 11.1 Å². The van der Waals surface area contributed by atoms with Crippen LogP contribution in [0.5, 0.6) is 0 Å². The molecule has 1 aliphatic carbocycles. The van der Waals surface area contributed by atoms with Gasteiger partial charge in [-0.3, -0.25) is 9.69 Å². The molecule has 18 heteroatoms. The molecule has 2 amide bonds. The standard InChI is InChI=1S/C33H33ClF5N9O3/c1-32(2,3)15-33(20-7-4-17(5-8-20)19-12-42-46(13-19)29(38)39)28(49)47(30(40)45-33)25(14-51-31(50)44-23-11-22(23)35)18-6-9-21(34)24(10-18)48-27(26(36)37)41-16-43-48/h4-10,12-13,16,22-23,25-26,29H,11,14-15H2,1-3H3,(H2,40,45)(H,44,50)/t22-,23-,25-,33?/m1/s1. The lowest BCUT2D eigenvalue weighted by atomic mass is 9.75. The van der Waals surface area contributed by atoms with Crippen LogP contribution in [0.2, 0.25) is 5.02 Å². The number of nitrogens with one attached hydrogen (secondary N) is 1. The van der Waals surface area contributed by atoms with Gasteiger partial charge < -0.3 is 15.8 Å². The Morgan fingerprint density at radius 1 is 1.12 bits per heavy atom. The van der Waals surface area contributed by atoms with E-state index in [9.17, 15) is 31.5 Å². The van der Waals surface area contributed by atoms with Gasteiger partial charge in [0.15, 0.2) is 17.3 Å². The van der Waals surface area contributed by atoms with Gasteiger partial charge >= 0.3 is 12.6 Å². The first-order valence-corrected chi connectivity index (χ1v) is 16.1. The number of nitrogens with zero attached hydrogens (tertiary/aromatic N) is 7. The van der Waals surface area contributed by atoms with Crippen molar-refractivity contribution in [3.8, 4) is 16.8 Å². The SMILES string of the molecule is CC(C)(C)CC1(c2ccc(-c3cnn(C(F)F)c3)cc2)N=C(N)N([C@H](COC(=O)N[C@@H]2C[C@H]2F)c2ccc(Cl)c(-n3ncnc3C(F)F)c2)C1=O. The Kier molecular flexibility index (Phi) is 9.52. The molecular formula is C33H33ClF5N9O3. The molecule has 0 spiro atoms. The summed E-state index contributed by atoms with van der Waals surface area (Å²) in [7, 11) is 0. The van der Waals surface area contributed by atoms with Crippen LogP contribution in [0.3, 0.4) is 0 Å². The lowest BCUT2D eigenvalue weighted by Gasteiger charge is -2.35. The van der Waals surface area contributed by atoms with Crippen molar-refractivity contribution in [2.45, 2.75) is 70.4 Å². The zero-order valence-corrected chi connectivity index (χ0v) is 28.2. The van der Waals surface area contributed by atoms with Gasteiger partial charge in [0.25, 0.3) is 12.3 Å². The molecule has 1 unspecified atom stereocenters. The summed E-state index contributed by atoms with van der Waals surface area (Å²) in [6, 6.07) is 9.03. The van der Waals surface area contributed by atoms with E-state index in [1.165, 1.54) is 30.6 Å². The molecule has 3 heterocycles. The van der Waals surface area contributed by atoms with Gasteiger partial charge in [-0.25, -0.2) is 37.3 Å². The first-order chi connectivity index (χ1) is 24.1. The highest BCUT2D eigenvalue weighted by Crippen LogP contribution is 2.45. The van der Waals surface area contributed by atoms with E-state index >= 15 is 0 Å². The third-order valence-electron chi connectivity index (χ3n) is 8.46. The molecule has 51 heavy (non-hydrogen) atoms. The number of rotatable bonds is 11. The minimum atomic E-state index is -3.00. The molecule has 0 bridgehead atoms. The number of halogens is 6. The van der Waals surface area contributed by atoms with Gasteiger partial charge in [-0.2, -0.15) is 19.0 Å². The largest absolute Gasteiger partial charge is 0.447 e. The van der Waals surface area contributed by atoms with Crippen LogP contribution in [0.25, 0.3) is 16.8 Å². The molecule has 12 nitrogen and oxygen atoms in total. The lowest BCUT2D eigenvalue weighted by Crippen LogP contribution is -2.47. The monoisotopic (exact) mass is 733 g/mol. The average Bonchev–Trinajstić information content (AvgIpc) is 3.45. The highest BCUT2D eigenvalue weighted by atomic mass is 35.5. The van der Waals surface area contributed by atoms with E-state index in [4.69, 9.17) is 27.1 Å². The Bertz CT molecular complexity index is 1960. The van der Waals surface area contributed by atoms with E-state index < -0.39 is 66.6 Å². The van der Waals surface area contributed by atoms with Gasteiger partial charge in [0.2, 0.25) is 0 Å². The number of amides is 2. The average molecular weight is 734 g/mol. The number of guanidine groups is 1. The van der Waals surface area contributed by atoms with Gasteiger partial charge in [0.1, 0.15) is 19.1 Å². The minimum Gasteiger partial charge on any atom is -0.447 e. The summed E-state index contributed by atoms with van der Waals surface area (Å²) in [5.41, 5.74) is 6.15. The number of ether oxygens (including phenoxy) is 1. The Labute approximate surface area is 293 Å². The Morgan fingerprint density at radius 3 is 2.43 bits per heavy atom. The molecule has 1 aliphatic heterocycles. The number of alkyl carbamates (subject to hydrolysis) is 1. The third-order valence-corrected chi connectivity index (χ3v) is 8.78. The number of alkyl halides is 5. The third kappa shape index (κ3) is 7.25. The number of carbonyl (C=O) groups is 2. The Morgan fingerprint density at radius 2 is 1.82 bits per heavy atom. The van der Waals surface area contributed by atoms with E-state index in [2.05, 4.69) is 20.5 Å². The maximum atomic E-state index is 14.8. The maximum Gasteiger partial charge on any atom is 0.407 e. The number of hydrogen-bond acceptors (Lipinski definition) is 8. The molecule has 4 aromatic rings. The fourth-order valence-electron chi connectivity index (χ4n) is 6.07. The van der Waals surface area contributed by atoms with Crippen LogP contribution >= 0.6 is 11.6 Å². The zero-order valence-electron chi connectivity index (χ0n) is 27.5. The van der Waals surface area contributed by atoms with Crippen molar-refractivity contribution in [2.75, 3.05) is 6.61 Å². The number of benzene rings is 2. The van der Waals surface area contributed by atoms with Crippen molar-refractivity contribution in [1.82, 2.24) is 34.8 Å². The fraction of sp³-hybridized carbons (Fsp3) is 0.394. The van der Waals surface area contributed by atoms with Crippen LogP contribution in [0.4, 0.5) is 26.7 Å². The van der Waals surface area contributed by atoms with Crippen molar-refractivity contribution in [3.63, 3.8) is 0 Å². The van der Waals surface area contributed by atoms with Crippen molar-refractivity contribution in [3.05, 3.63) is 83.2 Å². The van der Waals surface area contributed by atoms with Crippen molar-refractivity contribution in [1.29, 1.82) is 0 Å². The second-order valence-electron chi connectivity index (χ2n) is 13.5. The molecule has 2 aliphatic rings. The predicted molar refractivity (Wildman–Crippen MR) is 175 cm³/mol. The van der Waals surface area contributed by atoms with Crippen LogP contribution in [-0.4, -0.2) is 66.2 Å². The topological polar surface area (TPSA) is 146 Å². The maximum absolute atomic E-state index is 14.8. The highest BCUT2D eigenvalue weighted by Gasteiger charge is 2.53. The minimum absolute atomic E-state index is 0.00327. The molecule has 4 atom stereocenters. The molecular weight excluding hydrogens is 701 g/mol. The summed E-state index contributed by atoms with van der Waals surface area (Å²) in [5.74, 6) is -1.49. The number of aliphatic imine (C=N–C) groups is 1. The number of hydrogen-bond donors (Lipinski definition) is 2. The molecule has 2 aromatic carbocycles. The summed E-state index contributed by atoms with van der Waals surface area (Å²) >= 11 is 6.43. The van der Waals surface area contributed by atoms with Gasteiger partial charge in [0.05, 0.1) is 29.0 Å². The Balaban J connectivity index is 1.40. The quantitative estimate of drug-likeness (QED) is 0.168. The van der Waals surface area contributed by atoms with Crippen LogP contribution in [0.15, 0.2) is 66.2 Å². The zero-order chi connectivity index (χ0) is 36.8. The molecule has 6 rings (SSSR count). The summed E-state index contributed by atoms with van der Waals surface area (Å²) in [6.45, 7) is 2.41. The van der Waals surface area contributed by atoms with E-state index in [0.717, 1.165) is 15.9 Å². The summed E-state index contributed by atoms with van der Waals surface area (Å²) in [4.78, 5) is 37.0. The van der Waals surface area contributed by atoms with Gasteiger partial charge in [-0.1, -0.05) is 62.7 Å². The van der Waals surface area contributed by atoms with Crippen LogP contribution in [-0.2, 0) is 15.1 Å². The van der Waals surface area contributed by atoms with Gasteiger partial charge in [-0.05, 0) is 40.7 Å². The number of carbonyl (C=O) groups excluding carboxylic acids is 2. The highest BCUT2D eigenvalue weighted by molar-refractivity contribution is 6.32. The lowest BCUT2D eigenvalue weighted by molar-refractivity contribution is -0.135. The molecule has 0 saturated heterocycles. The fourth-order valence-corrected chi connectivity index (χ4v) is 6.27. The van der Waals surface area contributed by atoms with E-state index in [0.29, 0.717) is 21.4 Å². The Hall–Kier alpha value is -5.06.